The summed E-state index contributed by atoms with van der Waals surface area (Å²) in [4.78, 5) is 0. The van der Waals surface area contributed by atoms with Gasteiger partial charge in [0.25, 0.3) is 0 Å². The van der Waals surface area contributed by atoms with Gasteiger partial charge in [0, 0.05) is 42.2 Å². The molecule has 0 saturated carbocycles. The number of nitrogens with zero attached hydrogens (tertiary/aromatic N) is 2. The molecule has 6 nitrogen and oxygen atoms in total. The van der Waals surface area contributed by atoms with Crippen molar-refractivity contribution in [1.82, 2.24) is 9.78 Å². The fourth-order valence-corrected chi connectivity index (χ4v) is 1.84. The Morgan fingerprint density at radius 2 is 1.90 bits per heavy atom. The van der Waals surface area contributed by atoms with E-state index in [4.69, 9.17) is 14.6 Å². The predicted octanol–water partition coefficient (Wildman–Crippen LogP) is 1.50. The first-order valence-corrected chi connectivity index (χ1v) is 6.34. The smallest absolute Gasteiger partial charge is 0.124 e. The topological polar surface area (TPSA) is 68.5 Å². The zero-order valence-electron chi connectivity index (χ0n) is 11.7. The summed E-state index contributed by atoms with van der Waals surface area (Å²) >= 11 is 0. The second kappa shape index (κ2) is 6.81. The molecule has 0 saturated heterocycles. The molecule has 1 aromatic heterocycles. The van der Waals surface area contributed by atoms with Crippen LogP contribution in [0.25, 0.3) is 0 Å². The summed E-state index contributed by atoms with van der Waals surface area (Å²) in [6.45, 7) is 1.23. The number of ether oxygens (including phenoxy) is 2. The van der Waals surface area contributed by atoms with Crippen LogP contribution in [0.1, 0.15) is 5.56 Å². The van der Waals surface area contributed by atoms with Gasteiger partial charge in [0.1, 0.15) is 11.5 Å². The Morgan fingerprint density at radius 3 is 2.50 bits per heavy atom. The number of hydrogen-bond acceptors (Lipinski definition) is 5. The van der Waals surface area contributed by atoms with E-state index in [2.05, 4.69) is 10.4 Å². The van der Waals surface area contributed by atoms with E-state index >= 15 is 0 Å². The Labute approximate surface area is 117 Å². The molecule has 2 rings (SSSR count). The minimum absolute atomic E-state index is 0.0850. The molecule has 0 radical (unpaired) electrons. The number of aromatic nitrogens is 2. The SMILES string of the molecule is COc1cc(NCc2cnn(CCO)c2)cc(OC)c1. The highest BCUT2D eigenvalue weighted by molar-refractivity contribution is 5.53. The number of aliphatic hydroxyl groups excluding tert-OH is 1. The zero-order valence-corrected chi connectivity index (χ0v) is 11.7. The highest BCUT2D eigenvalue weighted by atomic mass is 16.5. The molecule has 20 heavy (non-hydrogen) atoms. The Morgan fingerprint density at radius 1 is 1.20 bits per heavy atom. The van der Waals surface area contributed by atoms with Crippen molar-refractivity contribution < 1.29 is 14.6 Å². The highest BCUT2D eigenvalue weighted by Crippen LogP contribution is 2.26. The summed E-state index contributed by atoms with van der Waals surface area (Å²) in [5, 5.41) is 16.3. The molecule has 0 aliphatic rings. The molecular weight excluding hydrogens is 258 g/mol. The lowest BCUT2D eigenvalue weighted by atomic mass is 10.2. The number of anilines is 1. The van der Waals surface area contributed by atoms with Gasteiger partial charge in [0.05, 0.1) is 33.6 Å². The Bertz CT molecular complexity index is 532. The molecule has 0 amide bonds. The monoisotopic (exact) mass is 277 g/mol. The van der Waals surface area contributed by atoms with Crippen molar-refractivity contribution >= 4 is 5.69 Å². The molecule has 1 aromatic carbocycles. The molecule has 0 aliphatic heterocycles. The number of nitrogens with one attached hydrogen (secondary N) is 1. The van der Waals surface area contributed by atoms with Crippen LogP contribution in [0, 0.1) is 0 Å². The van der Waals surface area contributed by atoms with Crippen LogP contribution in [0.4, 0.5) is 5.69 Å². The quantitative estimate of drug-likeness (QED) is 0.803. The molecule has 0 spiro atoms. The number of benzene rings is 1. The average molecular weight is 277 g/mol. The maximum absolute atomic E-state index is 8.85. The minimum atomic E-state index is 0.0850. The maximum Gasteiger partial charge on any atom is 0.124 e. The second-order valence-corrected chi connectivity index (χ2v) is 4.29. The number of rotatable bonds is 7. The first-order chi connectivity index (χ1) is 9.75. The van der Waals surface area contributed by atoms with Crippen LogP contribution in [-0.2, 0) is 13.1 Å². The maximum atomic E-state index is 8.85. The van der Waals surface area contributed by atoms with Gasteiger partial charge in [-0.15, -0.1) is 0 Å². The fourth-order valence-electron chi connectivity index (χ4n) is 1.84. The first-order valence-electron chi connectivity index (χ1n) is 6.34. The van der Waals surface area contributed by atoms with E-state index in [0.29, 0.717) is 13.1 Å². The normalized spacial score (nSPS) is 10.3. The molecule has 2 N–H and O–H groups in total. The second-order valence-electron chi connectivity index (χ2n) is 4.29. The Balaban J connectivity index is 2.02. The third-order valence-electron chi connectivity index (χ3n) is 2.86. The van der Waals surface area contributed by atoms with Crippen molar-refractivity contribution in [3.8, 4) is 11.5 Å². The Kier molecular flexibility index (Phi) is 4.84. The van der Waals surface area contributed by atoms with Gasteiger partial charge in [-0.1, -0.05) is 0 Å². The van der Waals surface area contributed by atoms with Crippen molar-refractivity contribution in [1.29, 1.82) is 0 Å². The van der Waals surface area contributed by atoms with E-state index in [1.165, 1.54) is 0 Å². The van der Waals surface area contributed by atoms with E-state index in [9.17, 15) is 0 Å². The van der Waals surface area contributed by atoms with Gasteiger partial charge in [-0.3, -0.25) is 4.68 Å². The molecule has 6 heteroatoms. The summed E-state index contributed by atoms with van der Waals surface area (Å²) in [6, 6.07) is 5.63. The van der Waals surface area contributed by atoms with E-state index in [1.807, 2.05) is 24.4 Å². The highest BCUT2D eigenvalue weighted by Gasteiger charge is 2.03. The van der Waals surface area contributed by atoms with Crippen molar-refractivity contribution in [3.05, 3.63) is 36.2 Å². The van der Waals surface area contributed by atoms with E-state index in [1.54, 1.807) is 25.1 Å². The van der Waals surface area contributed by atoms with E-state index in [0.717, 1.165) is 22.7 Å². The van der Waals surface area contributed by atoms with Crippen LogP contribution in [0.3, 0.4) is 0 Å². The number of aliphatic hydroxyl groups is 1. The lowest BCUT2D eigenvalue weighted by molar-refractivity contribution is 0.269. The summed E-state index contributed by atoms with van der Waals surface area (Å²) in [7, 11) is 3.24. The van der Waals surface area contributed by atoms with Gasteiger partial charge >= 0.3 is 0 Å². The molecule has 0 aliphatic carbocycles. The molecule has 0 atom stereocenters. The van der Waals surface area contributed by atoms with E-state index in [-0.39, 0.29) is 6.61 Å². The average Bonchev–Trinajstić information content (AvgIpc) is 2.93. The molecule has 108 valence electrons. The molecule has 1 heterocycles. The van der Waals surface area contributed by atoms with Gasteiger partial charge < -0.3 is 19.9 Å². The molecular formula is C14H19N3O3. The summed E-state index contributed by atoms with van der Waals surface area (Å²) in [6.07, 6.45) is 3.68. The molecule has 2 aromatic rings. The third-order valence-corrected chi connectivity index (χ3v) is 2.86. The third kappa shape index (κ3) is 3.64. The van der Waals surface area contributed by atoms with Gasteiger partial charge in [-0.25, -0.2) is 0 Å². The van der Waals surface area contributed by atoms with Crippen molar-refractivity contribution in [2.24, 2.45) is 0 Å². The number of methoxy groups -OCH3 is 2. The lowest BCUT2D eigenvalue weighted by Crippen LogP contribution is -2.02. The van der Waals surface area contributed by atoms with E-state index < -0.39 is 0 Å². The van der Waals surface area contributed by atoms with Crippen molar-refractivity contribution in [3.63, 3.8) is 0 Å². The van der Waals surface area contributed by atoms with Crippen LogP contribution >= 0.6 is 0 Å². The van der Waals surface area contributed by atoms with Crippen molar-refractivity contribution in [2.45, 2.75) is 13.1 Å². The first kappa shape index (κ1) is 14.2. The van der Waals surface area contributed by atoms with Crippen LogP contribution < -0.4 is 14.8 Å². The van der Waals surface area contributed by atoms with Crippen LogP contribution in [0.15, 0.2) is 30.6 Å². The fraction of sp³-hybridized carbons (Fsp3) is 0.357. The van der Waals surface area contributed by atoms with Gasteiger partial charge in [0.2, 0.25) is 0 Å². The lowest BCUT2D eigenvalue weighted by Gasteiger charge is -2.10. The molecule has 0 fully saturated rings. The summed E-state index contributed by atoms with van der Waals surface area (Å²) in [5.41, 5.74) is 1.95. The van der Waals surface area contributed by atoms with Gasteiger partial charge in [0.15, 0.2) is 0 Å². The minimum Gasteiger partial charge on any atom is -0.497 e. The van der Waals surface area contributed by atoms with Crippen molar-refractivity contribution in [2.75, 3.05) is 26.1 Å². The Hall–Kier alpha value is -2.21. The zero-order chi connectivity index (χ0) is 14.4. The van der Waals surface area contributed by atoms with Gasteiger partial charge in [-0.2, -0.15) is 5.10 Å². The van der Waals surface area contributed by atoms with Crippen LogP contribution in [0.2, 0.25) is 0 Å². The molecule has 0 unspecified atom stereocenters. The standard InChI is InChI=1S/C14H19N3O3/c1-19-13-5-12(6-14(7-13)20-2)15-8-11-9-16-17(10-11)3-4-18/h5-7,9-10,15,18H,3-4,8H2,1-2H3. The summed E-state index contributed by atoms with van der Waals surface area (Å²) in [5.74, 6) is 1.48. The van der Waals surface area contributed by atoms with Gasteiger partial charge in [-0.05, 0) is 0 Å². The van der Waals surface area contributed by atoms with Crippen LogP contribution in [0.5, 0.6) is 11.5 Å². The largest absolute Gasteiger partial charge is 0.497 e. The molecule has 0 bridgehead atoms. The predicted molar refractivity (Wildman–Crippen MR) is 76.2 cm³/mol. The van der Waals surface area contributed by atoms with Crippen LogP contribution in [-0.4, -0.2) is 35.7 Å². The summed E-state index contributed by atoms with van der Waals surface area (Å²) < 4.78 is 12.2. The number of hydrogen-bond donors (Lipinski definition) is 2.